The number of hydrogen-bond acceptors (Lipinski definition) is 5. The Morgan fingerprint density at radius 2 is 1.74 bits per heavy atom. The van der Waals surface area contributed by atoms with Crippen LogP contribution >= 0.6 is 11.3 Å². The zero-order valence-corrected chi connectivity index (χ0v) is 21.1. The summed E-state index contributed by atoms with van der Waals surface area (Å²) in [6.45, 7) is 7.99. The molecule has 1 amide bonds. The minimum absolute atomic E-state index is 0.0164. The molecule has 34 heavy (non-hydrogen) atoms. The molecule has 0 atom stereocenters. The third-order valence-corrected chi connectivity index (χ3v) is 6.65. The Bertz CT molecular complexity index is 1170. The Morgan fingerprint density at radius 1 is 1.00 bits per heavy atom. The number of rotatable bonds is 8. The van der Waals surface area contributed by atoms with Gasteiger partial charge in [-0.1, -0.05) is 18.2 Å². The molecule has 1 aliphatic carbocycles. The average molecular weight is 477 g/mol. The van der Waals surface area contributed by atoms with Gasteiger partial charge in [-0.05, 0) is 83.2 Å². The van der Waals surface area contributed by atoms with Crippen LogP contribution in [0, 0.1) is 0 Å². The van der Waals surface area contributed by atoms with Crippen LogP contribution in [0.25, 0.3) is 0 Å². The molecule has 0 saturated carbocycles. The monoisotopic (exact) mass is 476 g/mol. The van der Waals surface area contributed by atoms with Crippen LogP contribution in [0.2, 0.25) is 0 Å². The highest BCUT2D eigenvalue weighted by atomic mass is 32.1. The number of ether oxygens (including phenoxy) is 2. The molecular weight excluding hydrogens is 444 g/mol. The molecule has 0 aliphatic heterocycles. The highest BCUT2D eigenvalue weighted by Crippen LogP contribution is 2.40. The quantitative estimate of drug-likeness (QED) is 0.350. The summed E-state index contributed by atoms with van der Waals surface area (Å²) in [4.78, 5) is 19.4. The fourth-order valence-electron chi connectivity index (χ4n) is 4.04. The van der Waals surface area contributed by atoms with Crippen LogP contribution < -0.4 is 14.8 Å². The van der Waals surface area contributed by atoms with E-state index in [0.29, 0.717) is 11.3 Å². The van der Waals surface area contributed by atoms with Crippen LogP contribution in [0.3, 0.4) is 0 Å². The van der Waals surface area contributed by atoms with Crippen LogP contribution in [0.5, 0.6) is 11.5 Å². The lowest BCUT2D eigenvalue weighted by Gasteiger charge is -2.15. The minimum atomic E-state index is -0.0999. The highest BCUT2D eigenvalue weighted by molar-refractivity contribution is 7.16. The zero-order chi connectivity index (χ0) is 24.1. The Morgan fingerprint density at radius 3 is 2.47 bits per heavy atom. The number of aliphatic imine (C=N–C) groups is 1. The number of hydrogen-bond donors (Lipinski definition) is 1. The fourth-order valence-corrected chi connectivity index (χ4v) is 5.27. The Labute approximate surface area is 205 Å². The van der Waals surface area contributed by atoms with Crippen molar-refractivity contribution in [2.45, 2.75) is 65.6 Å². The van der Waals surface area contributed by atoms with Gasteiger partial charge in [-0.2, -0.15) is 0 Å². The molecule has 6 heteroatoms. The largest absolute Gasteiger partial charge is 0.491 e. The van der Waals surface area contributed by atoms with Gasteiger partial charge in [0.2, 0.25) is 0 Å². The van der Waals surface area contributed by atoms with Gasteiger partial charge in [-0.15, -0.1) is 11.3 Å². The molecule has 1 aromatic heterocycles. The molecule has 0 unspecified atom stereocenters. The zero-order valence-electron chi connectivity index (χ0n) is 20.3. The molecule has 1 N–H and O–H groups in total. The number of benzene rings is 2. The lowest BCUT2D eigenvalue weighted by atomic mass is 9.95. The number of nitrogens with zero attached hydrogens (tertiary/aromatic N) is 1. The molecule has 5 nitrogen and oxygen atoms in total. The smallest absolute Gasteiger partial charge is 0.259 e. The van der Waals surface area contributed by atoms with Crippen molar-refractivity contribution in [1.82, 2.24) is 0 Å². The molecule has 0 bridgehead atoms. The average Bonchev–Trinajstić information content (AvgIpc) is 3.17. The maximum Gasteiger partial charge on any atom is 0.259 e. The summed E-state index contributed by atoms with van der Waals surface area (Å²) < 4.78 is 11.9. The molecule has 0 fully saturated rings. The molecule has 0 saturated heterocycles. The van der Waals surface area contributed by atoms with Gasteiger partial charge < -0.3 is 14.8 Å². The summed E-state index contributed by atoms with van der Waals surface area (Å²) in [6, 6.07) is 15.4. The first-order chi connectivity index (χ1) is 16.4. The van der Waals surface area contributed by atoms with Crippen molar-refractivity contribution >= 4 is 34.1 Å². The summed E-state index contributed by atoms with van der Waals surface area (Å²) in [5, 5.41) is 3.80. The lowest BCUT2D eigenvalue weighted by molar-refractivity contribution is 0.102. The second kappa shape index (κ2) is 10.9. The molecule has 1 heterocycles. The first kappa shape index (κ1) is 24.0. The predicted octanol–water partition coefficient (Wildman–Crippen LogP) is 7.20. The van der Waals surface area contributed by atoms with E-state index in [1.807, 2.05) is 76.2 Å². The van der Waals surface area contributed by atoms with Crippen LogP contribution in [0.15, 0.2) is 53.5 Å². The summed E-state index contributed by atoms with van der Waals surface area (Å²) in [5.74, 6) is 1.38. The third kappa shape index (κ3) is 5.86. The van der Waals surface area contributed by atoms with E-state index in [-0.39, 0.29) is 18.1 Å². The summed E-state index contributed by atoms with van der Waals surface area (Å²) >= 11 is 1.63. The van der Waals surface area contributed by atoms with Gasteiger partial charge in [0.25, 0.3) is 5.91 Å². The van der Waals surface area contributed by atoms with E-state index in [0.717, 1.165) is 53.2 Å². The van der Waals surface area contributed by atoms with Gasteiger partial charge in [-0.3, -0.25) is 4.79 Å². The number of nitrogens with one attached hydrogen (secondary N) is 1. The number of amides is 1. The molecule has 2 aromatic carbocycles. The molecule has 3 aromatic rings. The van der Waals surface area contributed by atoms with Crippen LogP contribution in [-0.4, -0.2) is 24.3 Å². The SMILES string of the molecule is CC(C)Oc1ccc(C=Nc2sc3c(c2C(=O)Nc2ccccc2)CCCC3)c(OC(C)C)c1. The minimum Gasteiger partial charge on any atom is -0.491 e. The molecule has 1 aliphatic rings. The second-order valence-electron chi connectivity index (χ2n) is 9.00. The van der Waals surface area contributed by atoms with Crippen molar-refractivity contribution in [1.29, 1.82) is 0 Å². The van der Waals surface area contributed by atoms with Crippen molar-refractivity contribution in [3.63, 3.8) is 0 Å². The van der Waals surface area contributed by atoms with Crippen molar-refractivity contribution in [2.75, 3.05) is 5.32 Å². The van der Waals surface area contributed by atoms with Gasteiger partial charge in [0, 0.05) is 28.4 Å². The topological polar surface area (TPSA) is 59.9 Å². The number of carbonyl (C=O) groups excluding carboxylic acids is 1. The highest BCUT2D eigenvalue weighted by Gasteiger charge is 2.25. The van der Waals surface area contributed by atoms with Gasteiger partial charge in [0.05, 0.1) is 17.8 Å². The number of thiophene rings is 1. The van der Waals surface area contributed by atoms with Crippen molar-refractivity contribution in [3.05, 3.63) is 70.1 Å². The molecule has 178 valence electrons. The van der Waals surface area contributed by atoms with E-state index in [4.69, 9.17) is 14.5 Å². The summed E-state index contributed by atoms with van der Waals surface area (Å²) in [6.07, 6.45) is 6.07. The molecule has 4 rings (SSSR count). The predicted molar refractivity (Wildman–Crippen MR) is 141 cm³/mol. The first-order valence-corrected chi connectivity index (χ1v) is 12.7. The molecular formula is C28H32N2O3S. The van der Waals surface area contributed by atoms with Gasteiger partial charge in [-0.25, -0.2) is 4.99 Å². The van der Waals surface area contributed by atoms with Gasteiger partial charge in [0.15, 0.2) is 0 Å². The first-order valence-electron chi connectivity index (χ1n) is 11.9. The lowest BCUT2D eigenvalue weighted by Crippen LogP contribution is -2.14. The Kier molecular flexibility index (Phi) is 7.68. The number of anilines is 1. The van der Waals surface area contributed by atoms with Gasteiger partial charge in [0.1, 0.15) is 16.5 Å². The van der Waals surface area contributed by atoms with Crippen molar-refractivity contribution < 1.29 is 14.3 Å². The number of fused-ring (bicyclic) bond motifs is 1. The van der Waals surface area contributed by atoms with E-state index in [2.05, 4.69) is 5.32 Å². The maximum absolute atomic E-state index is 13.3. The maximum atomic E-state index is 13.3. The Balaban J connectivity index is 1.67. The van der Waals surface area contributed by atoms with E-state index in [1.165, 1.54) is 4.88 Å². The van der Waals surface area contributed by atoms with Crippen molar-refractivity contribution in [2.24, 2.45) is 4.99 Å². The van der Waals surface area contributed by atoms with E-state index in [1.54, 1.807) is 17.6 Å². The van der Waals surface area contributed by atoms with E-state index < -0.39 is 0 Å². The third-order valence-electron chi connectivity index (χ3n) is 5.45. The van der Waals surface area contributed by atoms with Crippen LogP contribution in [0.1, 0.15) is 66.9 Å². The Hall–Kier alpha value is -3.12. The molecule has 0 radical (unpaired) electrons. The number of carbonyl (C=O) groups is 1. The van der Waals surface area contributed by atoms with Crippen LogP contribution in [0.4, 0.5) is 10.7 Å². The fraction of sp³-hybridized carbons (Fsp3) is 0.357. The van der Waals surface area contributed by atoms with E-state index in [9.17, 15) is 4.79 Å². The number of para-hydroxylation sites is 1. The van der Waals surface area contributed by atoms with Crippen molar-refractivity contribution in [3.8, 4) is 11.5 Å². The van der Waals surface area contributed by atoms with E-state index >= 15 is 0 Å². The van der Waals surface area contributed by atoms with Gasteiger partial charge >= 0.3 is 0 Å². The normalized spacial score (nSPS) is 13.4. The van der Waals surface area contributed by atoms with Crippen LogP contribution in [-0.2, 0) is 12.8 Å². The molecule has 0 spiro atoms. The number of aryl methyl sites for hydroxylation is 1. The summed E-state index contributed by atoms with van der Waals surface area (Å²) in [7, 11) is 0. The second-order valence-corrected chi connectivity index (χ2v) is 10.1. The standard InChI is InChI=1S/C28H32N2O3S/c1-18(2)32-22-15-14-20(24(16-22)33-19(3)4)17-29-28-26(23-12-8-9-13-25(23)34-28)27(31)30-21-10-6-5-7-11-21/h5-7,10-11,14-19H,8-9,12-13H2,1-4H3,(H,30,31). The summed E-state index contributed by atoms with van der Waals surface area (Å²) in [5.41, 5.74) is 3.49.